The molecule has 1 aromatic carbocycles. The Labute approximate surface area is 96.7 Å². The van der Waals surface area contributed by atoms with Gasteiger partial charge in [0.2, 0.25) is 0 Å². The minimum Gasteiger partial charge on any atom is -0.481 e. The van der Waals surface area contributed by atoms with Crippen molar-refractivity contribution in [2.75, 3.05) is 0 Å². The highest BCUT2D eigenvalue weighted by Gasteiger charge is 2.13. The van der Waals surface area contributed by atoms with Gasteiger partial charge in [-0.15, -0.1) is 0 Å². The van der Waals surface area contributed by atoms with Crippen LogP contribution in [0.1, 0.15) is 22.3 Å². The first-order chi connectivity index (χ1) is 8.09. The zero-order valence-corrected chi connectivity index (χ0v) is 8.93. The van der Waals surface area contributed by atoms with Crippen LogP contribution in [0.5, 0.6) is 0 Å². The lowest BCUT2D eigenvalue weighted by atomic mass is 10.0. The maximum Gasteiger partial charge on any atom is 0.336 e. The van der Waals surface area contributed by atoms with E-state index >= 15 is 0 Å². The second kappa shape index (κ2) is 4.29. The van der Waals surface area contributed by atoms with Crippen molar-refractivity contribution in [2.24, 2.45) is 0 Å². The van der Waals surface area contributed by atoms with Gasteiger partial charge in [-0.05, 0) is 24.1 Å². The van der Waals surface area contributed by atoms with E-state index in [1.165, 1.54) is 6.07 Å². The van der Waals surface area contributed by atoms with Crippen molar-refractivity contribution in [2.45, 2.75) is 12.8 Å². The molecule has 0 aliphatic carbocycles. The zero-order valence-electron chi connectivity index (χ0n) is 8.93. The van der Waals surface area contributed by atoms with Crippen LogP contribution in [0.25, 0.3) is 10.9 Å². The zero-order chi connectivity index (χ0) is 12.4. The quantitative estimate of drug-likeness (QED) is 0.752. The van der Waals surface area contributed by atoms with Crippen LogP contribution < -0.4 is 0 Å². The number of aromatic nitrogens is 1. The van der Waals surface area contributed by atoms with Crippen molar-refractivity contribution in [1.29, 1.82) is 0 Å². The van der Waals surface area contributed by atoms with Crippen LogP contribution in [0.15, 0.2) is 24.4 Å². The Kier molecular flexibility index (Phi) is 2.82. The van der Waals surface area contributed by atoms with Gasteiger partial charge in [0.15, 0.2) is 0 Å². The number of H-pyrrole nitrogens is 1. The van der Waals surface area contributed by atoms with Gasteiger partial charge in [-0.3, -0.25) is 4.79 Å². The van der Waals surface area contributed by atoms with Crippen LogP contribution in [0.4, 0.5) is 0 Å². The summed E-state index contributed by atoms with van der Waals surface area (Å²) in [6.07, 6.45) is 1.97. The largest absolute Gasteiger partial charge is 0.481 e. The average Bonchev–Trinajstić information content (AvgIpc) is 2.69. The summed E-state index contributed by atoms with van der Waals surface area (Å²) in [4.78, 5) is 24.5. The van der Waals surface area contributed by atoms with Crippen LogP contribution in [-0.4, -0.2) is 27.1 Å². The second-order valence-corrected chi connectivity index (χ2v) is 3.74. The molecule has 1 heterocycles. The molecule has 5 heteroatoms. The molecule has 0 unspecified atom stereocenters. The fourth-order valence-corrected chi connectivity index (χ4v) is 1.87. The van der Waals surface area contributed by atoms with E-state index in [0.29, 0.717) is 17.3 Å². The number of nitrogens with one attached hydrogen (secondary N) is 1. The number of aromatic carboxylic acids is 1. The first-order valence-corrected chi connectivity index (χ1v) is 5.13. The Morgan fingerprint density at radius 1 is 1.24 bits per heavy atom. The summed E-state index contributed by atoms with van der Waals surface area (Å²) >= 11 is 0. The lowest BCUT2D eigenvalue weighted by Crippen LogP contribution is -2.00. The first kappa shape index (κ1) is 11.2. The van der Waals surface area contributed by atoms with E-state index in [0.717, 1.165) is 5.56 Å². The summed E-state index contributed by atoms with van der Waals surface area (Å²) in [6.45, 7) is 0. The van der Waals surface area contributed by atoms with Crippen molar-refractivity contribution in [3.63, 3.8) is 0 Å². The van der Waals surface area contributed by atoms with Crippen molar-refractivity contribution in [1.82, 2.24) is 4.98 Å². The van der Waals surface area contributed by atoms with Crippen molar-refractivity contribution >= 4 is 22.8 Å². The number of benzene rings is 1. The Morgan fingerprint density at radius 3 is 2.65 bits per heavy atom. The van der Waals surface area contributed by atoms with Crippen LogP contribution in [0.3, 0.4) is 0 Å². The van der Waals surface area contributed by atoms with Crippen molar-refractivity contribution in [3.05, 3.63) is 35.5 Å². The number of carboxylic acid groups (broad SMARTS) is 2. The molecule has 0 radical (unpaired) electrons. The monoisotopic (exact) mass is 233 g/mol. The Bertz CT molecular complexity index is 585. The number of aliphatic carboxylic acids is 1. The van der Waals surface area contributed by atoms with Crippen molar-refractivity contribution < 1.29 is 19.8 Å². The Balaban J connectivity index is 2.49. The number of carbonyl (C=O) groups is 2. The second-order valence-electron chi connectivity index (χ2n) is 3.74. The smallest absolute Gasteiger partial charge is 0.336 e. The maximum absolute atomic E-state index is 11.1. The molecule has 0 aliphatic rings. The Morgan fingerprint density at radius 2 is 2.00 bits per heavy atom. The molecule has 1 aromatic heterocycles. The third-order valence-corrected chi connectivity index (χ3v) is 2.63. The fraction of sp³-hybridized carbons (Fsp3) is 0.167. The standard InChI is InChI=1S/C12H11NO4/c14-10(15)5-4-7-6-13-9-3-1-2-8(11(7)9)12(16)17/h1-3,6,13H,4-5H2,(H,14,15)(H,16,17). The normalized spacial score (nSPS) is 10.6. The highest BCUT2D eigenvalue weighted by Crippen LogP contribution is 2.23. The molecule has 88 valence electrons. The van der Waals surface area contributed by atoms with Crippen LogP contribution in [-0.2, 0) is 11.2 Å². The van der Waals surface area contributed by atoms with E-state index in [4.69, 9.17) is 10.2 Å². The van der Waals surface area contributed by atoms with Gasteiger partial charge in [-0.2, -0.15) is 0 Å². The van der Waals surface area contributed by atoms with Gasteiger partial charge in [-0.25, -0.2) is 4.79 Å². The maximum atomic E-state index is 11.1. The summed E-state index contributed by atoms with van der Waals surface area (Å²) in [7, 11) is 0. The van der Waals surface area contributed by atoms with Gasteiger partial charge in [0.25, 0.3) is 0 Å². The fourth-order valence-electron chi connectivity index (χ4n) is 1.87. The summed E-state index contributed by atoms with van der Waals surface area (Å²) in [5, 5.41) is 18.3. The molecular formula is C12H11NO4. The SMILES string of the molecule is O=C(O)CCc1c[nH]c2cccc(C(=O)O)c12. The van der Waals surface area contributed by atoms with Gasteiger partial charge in [0.05, 0.1) is 5.56 Å². The number of carboxylic acids is 2. The van der Waals surface area contributed by atoms with E-state index in [9.17, 15) is 9.59 Å². The van der Waals surface area contributed by atoms with Gasteiger partial charge >= 0.3 is 11.9 Å². The van der Waals surface area contributed by atoms with Crippen LogP contribution in [0, 0.1) is 0 Å². The third kappa shape index (κ3) is 2.13. The molecule has 0 amide bonds. The summed E-state index contributed by atoms with van der Waals surface area (Å²) in [5.41, 5.74) is 1.63. The van der Waals surface area contributed by atoms with Gasteiger partial charge in [0.1, 0.15) is 0 Å². The molecule has 0 bridgehead atoms. The molecule has 17 heavy (non-hydrogen) atoms. The number of aromatic amines is 1. The minimum atomic E-state index is -1.01. The molecular weight excluding hydrogens is 222 g/mol. The van der Waals surface area contributed by atoms with Gasteiger partial charge < -0.3 is 15.2 Å². The topological polar surface area (TPSA) is 90.4 Å². The predicted molar refractivity (Wildman–Crippen MR) is 61.2 cm³/mol. The summed E-state index contributed by atoms with van der Waals surface area (Å²) in [5.74, 6) is -1.90. The molecule has 0 saturated carbocycles. The van der Waals surface area contributed by atoms with Crippen LogP contribution in [0.2, 0.25) is 0 Å². The van der Waals surface area contributed by atoms with E-state index in [1.807, 2.05) is 0 Å². The molecule has 0 atom stereocenters. The minimum absolute atomic E-state index is 0.0130. The number of aryl methyl sites for hydroxylation is 1. The molecule has 2 aromatic rings. The lowest BCUT2D eigenvalue weighted by Gasteiger charge is -2.01. The number of rotatable bonds is 4. The lowest BCUT2D eigenvalue weighted by molar-refractivity contribution is -0.136. The molecule has 0 aliphatic heterocycles. The predicted octanol–water partition coefficient (Wildman–Crippen LogP) is 1.88. The van der Waals surface area contributed by atoms with Gasteiger partial charge in [-0.1, -0.05) is 6.07 Å². The highest BCUT2D eigenvalue weighted by molar-refractivity contribution is 6.04. The number of hydrogen-bond donors (Lipinski definition) is 3. The molecule has 0 saturated heterocycles. The van der Waals surface area contributed by atoms with Gasteiger partial charge in [0, 0.05) is 23.5 Å². The van der Waals surface area contributed by atoms with E-state index in [-0.39, 0.29) is 12.0 Å². The average molecular weight is 233 g/mol. The first-order valence-electron chi connectivity index (χ1n) is 5.13. The highest BCUT2D eigenvalue weighted by atomic mass is 16.4. The molecule has 3 N–H and O–H groups in total. The van der Waals surface area contributed by atoms with E-state index < -0.39 is 11.9 Å². The number of hydrogen-bond acceptors (Lipinski definition) is 2. The molecule has 5 nitrogen and oxygen atoms in total. The third-order valence-electron chi connectivity index (χ3n) is 2.63. The van der Waals surface area contributed by atoms with Crippen molar-refractivity contribution in [3.8, 4) is 0 Å². The molecule has 0 spiro atoms. The molecule has 0 fully saturated rings. The van der Waals surface area contributed by atoms with Crippen LogP contribution >= 0.6 is 0 Å². The summed E-state index contributed by atoms with van der Waals surface area (Å²) < 4.78 is 0. The van der Waals surface area contributed by atoms with E-state index in [2.05, 4.69) is 4.98 Å². The summed E-state index contributed by atoms with van der Waals surface area (Å²) in [6, 6.07) is 4.94. The Hall–Kier alpha value is -2.30. The number of fused-ring (bicyclic) bond motifs is 1. The van der Waals surface area contributed by atoms with E-state index in [1.54, 1.807) is 18.3 Å². The molecule has 2 rings (SSSR count).